The molecule has 1 atom stereocenters. The average Bonchev–Trinajstić information content (AvgIpc) is 2.31. The van der Waals surface area contributed by atoms with E-state index in [1.54, 1.807) is 0 Å². The van der Waals surface area contributed by atoms with Gasteiger partial charge in [0.2, 0.25) is 0 Å². The first-order valence-corrected chi connectivity index (χ1v) is 5.32. The highest BCUT2D eigenvalue weighted by atomic mass is 15.3. The number of hydrogen-bond acceptors (Lipinski definition) is 1. The lowest BCUT2D eigenvalue weighted by Gasteiger charge is -2.50. The quantitative estimate of drug-likeness (QED) is 0.536. The predicted octanol–water partition coefficient (Wildman–Crippen LogP) is 2.80. The van der Waals surface area contributed by atoms with Crippen molar-refractivity contribution in [2.24, 2.45) is 0 Å². The third-order valence-corrected chi connectivity index (χ3v) is 3.98. The molecule has 0 bridgehead atoms. The first kappa shape index (κ1) is 8.55. The molecule has 0 aromatic rings. The summed E-state index contributed by atoms with van der Waals surface area (Å²) in [5.41, 5.74) is 1.03. The zero-order valence-corrected chi connectivity index (χ0v) is 8.69. The van der Waals surface area contributed by atoms with Crippen LogP contribution in [-0.4, -0.2) is 22.5 Å². The molecule has 0 aromatic carbocycles. The molecule has 0 aromatic heterocycles. The van der Waals surface area contributed by atoms with Crippen LogP contribution in [-0.2, 0) is 0 Å². The lowest BCUT2D eigenvalue weighted by Crippen LogP contribution is -2.56. The summed E-state index contributed by atoms with van der Waals surface area (Å²) in [5.74, 6) is 0. The Morgan fingerprint density at radius 2 is 1.58 bits per heavy atom. The first-order chi connectivity index (χ1) is 5.55. The van der Waals surface area contributed by atoms with Gasteiger partial charge in [0.05, 0.1) is 0 Å². The molecule has 2 aliphatic heterocycles. The molecule has 1 unspecified atom stereocenters. The number of hydrogen-bond donors (Lipinski definition) is 0. The molecule has 0 spiro atoms. The van der Waals surface area contributed by atoms with Gasteiger partial charge in [0, 0.05) is 11.1 Å². The second-order valence-electron chi connectivity index (χ2n) is 5.42. The number of fused-ring (bicyclic) bond motifs is 1. The molecule has 2 fully saturated rings. The Labute approximate surface area is 76.1 Å². The molecule has 0 N–H and O–H groups in total. The number of nitrogens with zero attached hydrogens (tertiary/aromatic N) is 1. The summed E-state index contributed by atoms with van der Waals surface area (Å²) in [6, 6.07) is 0. The van der Waals surface area contributed by atoms with Crippen LogP contribution in [0, 0.1) is 0 Å². The van der Waals surface area contributed by atoms with E-state index in [-0.39, 0.29) is 0 Å². The molecule has 0 amide bonds. The molecule has 1 nitrogen and oxygen atoms in total. The van der Waals surface area contributed by atoms with Gasteiger partial charge in [-0.15, -0.1) is 0 Å². The SMILES string of the molecule is CC1(C)CCCC2(C)CCCN12. The Morgan fingerprint density at radius 1 is 0.917 bits per heavy atom. The van der Waals surface area contributed by atoms with E-state index in [2.05, 4.69) is 25.7 Å². The minimum absolute atomic E-state index is 0.476. The average molecular weight is 167 g/mol. The molecule has 1 heteroatoms. The van der Waals surface area contributed by atoms with Crippen molar-refractivity contribution in [3.63, 3.8) is 0 Å². The van der Waals surface area contributed by atoms with Gasteiger partial charge >= 0.3 is 0 Å². The molecule has 2 aliphatic rings. The van der Waals surface area contributed by atoms with Gasteiger partial charge in [-0.3, -0.25) is 4.90 Å². The van der Waals surface area contributed by atoms with Crippen LogP contribution >= 0.6 is 0 Å². The van der Waals surface area contributed by atoms with Crippen LogP contribution < -0.4 is 0 Å². The van der Waals surface area contributed by atoms with Crippen LogP contribution in [0.1, 0.15) is 52.9 Å². The molecule has 2 rings (SSSR count). The normalized spacial score (nSPS) is 41.2. The Balaban J connectivity index is 2.24. The Morgan fingerprint density at radius 3 is 2.25 bits per heavy atom. The lowest BCUT2D eigenvalue weighted by molar-refractivity contribution is -0.00290. The van der Waals surface area contributed by atoms with Gasteiger partial charge < -0.3 is 0 Å². The van der Waals surface area contributed by atoms with E-state index >= 15 is 0 Å². The summed E-state index contributed by atoms with van der Waals surface area (Å²) in [5, 5.41) is 0. The molecule has 0 aliphatic carbocycles. The van der Waals surface area contributed by atoms with Crippen LogP contribution in [0.2, 0.25) is 0 Å². The highest BCUT2D eigenvalue weighted by Gasteiger charge is 2.46. The van der Waals surface area contributed by atoms with Crippen molar-refractivity contribution >= 4 is 0 Å². The van der Waals surface area contributed by atoms with Crippen LogP contribution in [0.25, 0.3) is 0 Å². The second kappa shape index (κ2) is 2.47. The third-order valence-electron chi connectivity index (χ3n) is 3.98. The maximum Gasteiger partial charge on any atom is 0.0187 e. The maximum absolute atomic E-state index is 2.75. The molecule has 0 saturated carbocycles. The second-order valence-corrected chi connectivity index (χ2v) is 5.42. The summed E-state index contributed by atoms with van der Waals surface area (Å²) in [4.78, 5) is 2.75. The van der Waals surface area contributed by atoms with Crippen molar-refractivity contribution in [3.8, 4) is 0 Å². The Bertz CT molecular complexity index is 185. The maximum atomic E-state index is 2.75. The summed E-state index contributed by atoms with van der Waals surface area (Å²) in [6.07, 6.45) is 7.09. The van der Waals surface area contributed by atoms with Gasteiger partial charge in [0.1, 0.15) is 0 Å². The molecule has 12 heavy (non-hydrogen) atoms. The predicted molar refractivity (Wildman–Crippen MR) is 52.3 cm³/mol. The lowest BCUT2D eigenvalue weighted by atomic mass is 9.80. The number of piperidine rings is 1. The van der Waals surface area contributed by atoms with Crippen LogP contribution in [0.5, 0.6) is 0 Å². The van der Waals surface area contributed by atoms with E-state index in [1.165, 1.54) is 38.6 Å². The molecule has 2 saturated heterocycles. The van der Waals surface area contributed by atoms with Gasteiger partial charge in [-0.05, 0) is 59.4 Å². The van der Waals surface area contributed by atoms with Crippen molar-refractivity contribution in [1.82, 2.24) is 4.90 Å². The highest BCUT2D eigenvalue weighted by molar-refractivity contribution is 5.02. The highest BCUT2D eigenvalue weighted by Crippen LogP contribution is 2.44. The summed E-state index contributed by atoms with van der Waals surface area (Å²) in [7, 11) is 0. The molecular formula is C11H21N. The van der Waals surface area contributed by atoms with Crippen molar-refractivity contribution in [2.75, 3.05) is 6.54 Å². The van der Waals surface area contributed by atoms with Gasteiger partial charge in [-0.25, -0.2) is 0 Å². The third kappa shape index (κ3) is 1.10. The molecular weight excluding hydrogens is 146 g/mol. The summed E-state index contributed by atoms with van der Waals surface area (Å²) >= 11 is 0. The molecule has 70 valence electrons. The van der Waals surface area contributed by atoms with Crippen molar-refractivity contribution in [1.29, 1.82) is 0 Å². The fourth-order valence-corrected chi connectivity index (χ4v) is 3.35. The fraction of sp³-hybridized carbons (Fsp3) is 1.00. The van der Waals surface area contributed by atoms with Gasteiger partial charge in [0.15, 0.2) is 0 Å². The topological polar surface area (TPSA) is 3.24 Å². The van der Waals surface area contributed by atoms with Crippen molar-refractivity contribution < 1.29 is 0 Å². The molecule has 0 radical (unpaired) electrons. The zero-order valence-electron chi connectivity index (χ0n) is 8.69. The van der Waals surface area contributed by atoms with E-state index in [9.17, 15) is 0 Å². The van der Waals surface area contributed by atoms with E-state index in [0.717, 1.165) is 0 Å². The van der Waals surface area contributed by atoms with Crippen molar-refractivity contribution in [2.45, 2.75) is 64.0 Å². The van der Waals surface area contributed by atoms with Gasteiger partial charge in [-0.2, -0.15) is 0 Å². The van der Waals surface area contributed by atoms with E-state index in [1.807, 2.05) is 0 Å². The van der Waals surface area contributed by atoms with E-state index < -0.39 is 0 Å². The van der Waals surface area contributed by atoms with Crippen molar-refractivity contribution in [3.05, 3.63) is 0 Å². The minimum Gasteiger partial charge on any atom is -0.293 e. The van der Waals surface area contributed by atoms with Gasteiger partial charge in [-0.1, -0.05) is 0 Å². The Hall–Kier alpha value is -0.0400. The molecule has 2 heterocycles. The van der Waals surface area contributed by atoms with Crippen LogP contribution in [0.3, 0.4) is 0 Å². The standard InChI is InChI=1S/C11H21N/c1-10(2)6-4-7-11(3)8-5-9-12(10)11/h4-9H2,1-3H3. The van der Waals surface area contributed by atoms with Crippen LogP contribution in [0.15, 0.2) is 0 Å². The monoisotopic (exact) mass is 167 g/mol. The summed E-state index contributed by atoms with van der Waals surface area (Å²) in [6.45, 7) is 8.62. The zero-order chi connectivity index (χ0) is 8.82. The number of rotatable bonds is 0. The largest absolute Gasteiger partial charge is 0.293 e. The first-order valence-electron chi connectivity index (χ1n) is 5.32. The van der Waals surface area contributed by atoms with Gasteiger partial charge in [0.25, 0.3) is 0 Å². The Kier molecular flexibility index (Phi) is 1.76. The van der Waals surface area contributed by atoms with E-state index in [4.69, 9.17) is 0 Å². The smallest absolute Gasteiger partial charge is 0.0187 e. The van der Waals surface area contributed by atoms with Crippen LogP contribution in [0.4, 0.5) is 0 Å². The van der Waals surface area contributed by atoms with E-state index in [0.29, 0.717) is 11.1 Å². The minimum atomic E-state index is 0.476. The summed E-state index contributed by atoms with van der Waals surface area (Å²) < 4.78 is 0. The fourth-order valence-electron chi connectivity index (χ4n) is 3.35.